The van der Waals surface area contributed by atoms with E-state index in [1.165, 1.54) is 0 Å². The highest BCUT2D eigenvalue weighted by Gasteiger charge is 2.61. The van der Waals surface area contributed by atoms with Gasteiger partial charge in [-0.3, -0.25) is 4.79 Å². The van der Waals surface area contributed by atoms with Gasteiger partial charge >= 0.3 is 0 Å². The Morgan fingerprint density at radius 2 is 2.09 bits per heavy atom. The molecule has 3 saturated carbocycles. The Morgan fingerprint density at radius 3 is 2.83 bits per heavy atom. The van der Waals surface area contributed by atoms with Crippen molar-refractivity contribution in [1.29, 1.82) is 5.26 Å². The zero-order valence-electron chi connectivity index (χ0n) is 14.2. The fourth-order valence-corrected chi connectivity index (χ4v) is 6.80. The van der Waals surface area contributed by atoms with Gasteiger partial charge in [-0.15, -0.1) is 0 Å². The maximum absolute atomic E-state index is 13.2. The van der Waals surface area contributed by atoms with Gasteiger partial charge in [0.1, 0.15) is 5.78 Å². The number of nitriles is 1. The molecule has 0 aromatic heterocycles. The highest BCUT2D eigenvalue weighted by molar-refractivity contribution is 5.85. The topological polar surface area (TPSA) is 61.1 Å². The molecule has 0 amide bonds. The number of carbonyl (C=O) groups excluding carboxylic acids is 1. The second-order valence-electron chi connectivity index (χ2n) is 8.98. The van der Waals surface area contributed by atoms with E-state index in [0.717, 1.165) is 44.1 Å². The maximum Gasteiger partial charge on any atom is 0.137 e. The minimum absolute atomic E-state index is 0.0654. The summed E-state index contributed by atoms with van der Waals surface area (Å²) in [5.41, 5.74) is 0.695. The van der Waals surface area contributed by atoms with Crippen molar-refractivity contribution in [3.63, 3.8) is 0 Å². The van der Waals surface area contributed by atoms with Crippen molar-refractivity contribution < 1.29 is 9.90 Å². The second-order valence-corrected chi connectivity index (χ2v) is 8.98. The largest absolute Gasteiger partial charge is 0.393 e. The number of Topliss-reactive ketones (excluding diaryl/α,β-unsaturated/α-hetero) is 1. The van der Waals surface area contributed by atoms with Crippen LogP contribution >= 0.6 is 0 Å². The summed E-state index contributed by atoms with van der Waals surface area (Å²) >= 11 is 0. The number of aliphatic hydroxyl groups is 1. The summed E-state index contributed by atoms with van der Waals surface area (Å²) in [7, 11) is 0. The van der Waals surface area contributed by atoms with E-state index in [-0.39, 0.29) is 22.9 Å². The van der Waals surface area contributed by atoms with Crippen LogP contribution in [0.5, 0.6) is 0 Å². The van der Waals surface area contributed by atoms with E-state index in [0.29, 0.717) is 30.0 Å². The van der Waals surface area contributed by atoms with Gasteiger partial charge in [0, 0.05) is 23.3 Å². The summed E-state index contributed by atoms with van der Waals surface area (Å²) in [5.74, 6) is 1.92. The third-order valence-corrected chi connectivity index (χ3v) is 8.03. The van der Waals surface area contributed by atoms with Crippen molar-refractivity contribution in [2.75, 3.05) is 0 Å². The SMILES string of the molecule is C[C@]12CC[C@@H](O)C[C@@H]1CC[C@@H]1[C@@H]2C(=O)C[C@]2(C)C(C#N)=CC[C@@H]12. The Bertz CT molecular complexity index is 618. The van der Waals surface area contributed by atoms with Crippen molar-refractivity contribution in [3.05, 3.63) is 11.6 Å². The van der Waals surface area contributed by atoms with Crippen LogP contribution in [-0.2, 0) is 4.79 Å². The average molecular weight is 313 g/mol. The lowest BCUT2D eigenvalue weighted by Gasteiger charge is -2.59. The monoisotopic (exact) mass is 313 g/mol. The molecule has 0 saturated heterocycles. The predicted molar refractivity (Wildman–Crippen MR) is 87.2 cm³/mol. The maximum atomic E-state index is 13.2. The summed E-state index contributed by atoms with van der Waals surface area (Å²) < 4.78 is 0. The predicted octanol–water partition coefficient (Wildman–Crippen LogP) is 3.63. The number of fused-ring (bicyclic) bond motifs is 5. The zero-order chi connectivity index (χ0) is 16.4. The molecule has 4 rings (SSSR count). The molecular weight excluding hydrogens is 286 g/mol. The number of allylic oxidation sites excluding steroid dienone is 2. The van der Waals surface area contributed by atoms with E-state index in [2.05, 4.69) is 26.0 Å². The van der Waals surface area contributed by atoms with Gasteiger partial charge in [-0.1, -0.05) is 19.9 Å². The fourth-order valence-electron chi connectivity index (χ4n) is 6.80. The first-order valence-corrected chi connectivity index (χ1v) is 9.21. The summed E-state index contributed by atoms with van der Waals surface area (Å²) in [4.78, 5) is 13.2. The molecule has 4 aliphatic rings. The third-order valence-electron chi connectivity index (χ3n) is 8.03. The minimum Gasteiger partial charge on any atom is -0.393 e. The molecule has 0 heterocycles. The fraction of sp³-hybridized carbons (Fsp3) is 0.800. The number of carbonyl (C=O) groups is 1. The number of nitrogens with zero attached hydrogens (tertiary/aromatic N) is 1. The molecule has 23 heavy (non-hydrogen) atoms. The van der Waals surface area contributed by atoms with E-state index < -0.39 is 0 Å². The summed E-state index contributed by atoms with van der Waals surface area (Å²) in [6, 6.07) is 2.37. The van der Waals surface area contributed by atoms with Gasteiger partial charge in [0.2, 0.25) is 0 Å². The lowest BCUT2D eigenvalue weighted by Crippen LogP contribution is -2.57. The summed E-state index contributed by atoms with van der Waals surface area (Å²) in [6.45, 7) is 4.46. The van der Waals surface area contributed by atoms with Gasteiger partial charge < -0.3 is 5.11 Å². The van der Waals surface area contributed by atoms with Gasteiger partial charge in [-0.25, -0.2) is 0 Å². The van der Waals surface area contributed by atoms with Crippen molar-refractivity contribution in [1.82, 2.24) is 0 Å². The van der Waals surface area contributed by atoms with E-state index in [9.17, 15) is 15.2 Å². The zero-order valence-corrected chi connectivity index (χ0v) is 14.2. The molecule has 0 aromatic carbocycles. The summed E-state index contributed by atoms with van der Waals surface area (Å²) in [5, 5.41) is 19.5. The number of ketones is 1. The Labute approximate surface area is 138 Å². The quantitative estimate of drug-likeness (QED) is 0.743. The van der Waals surface area contributed by atoms with E-state index in [4.69, 9.17) is 0 Å². The smallest absolute Gasteiger partial charge is 0.137 e. The molecule has 0 unspecified atom stereocenters. The average Bonchev–Trinajstić information content (AvgIpc) is 2.83. The Balaban J connectivity index is 1.70. The lowest BCUT2D eigenvalue weighted by molar-refractivity contribution is -0.157. The first kappa shape index (κ1) is 15.4. The molecule has 3 heteroatoms. The third kappa shape index (κ3) is 1.94. The minimum atomic E-state index is -0.218. The van der Waals surface area contributed by atoms with Gasteiger partial charge in [0.05, 0.1) is 12.2 Å². The first-order valence-electron chi connectivity index (χ1n) is 9.21. The first-order chi connectivity index (χ1) is 10.9. The van der Waals surface area contributed by atoms with Gasteiger partial charge in [-0.05, 0) is 61.7 Å². The number of hydrogen-bond acceptors (Lipinski definition) is 3. The molecular formula is C20H27NO2. The number of aliphatic hydroxyl groups excluding tert-OH is 1. The van der Waals surface area contributed by atoms with Crippen LogP contribution in [0.3, 0.4) is 0 Å². The van der Waals surface area contributed by atoms with Crippen LogP contribution in [0.4, 0.5) is 0 Å². The number of hydrogen-bond donors (Lipinski definition) is 1. The van der Waals surface area contributed by atoms with Crippen LogP contribution in [0.25, 0.3) is 0 Å². The molecule has 0 spiro atoms. The van der Waals surface area contributed by atoms with Crippen molar-refractivity contribution in [2.24, 2.45) is 34.5 Å². The molecule has 3 nitrogen and oxygen atoms in total. The van der Waals surface area contributed by atoms with E-state index in [1.807, 2.05) is 0 Å². The van der Waals surface area contributed by atoms with Crippen LogP contribution in [0, 0.1) is 45.8 Å². The van der Waals surface area contributed by atoms with Crippen LogP contribution in [0.1, 0.15) is 58.8 Å². The van der Waals surface area contributed by atoms with Gasteiger partial charge in [0.15, 0.2) is 0 Å². The lowest BCUT2D eigenvalue weighted by atomic mass is 9.44. The molecule has 0 aromatic rings. The van der Waals surface area contributed by atoms with Crippen LogP contribution in [0.2, 0.25) is 0 Å². The molecule has 0 bridgehead atoms. The Hall–Kier alpha value is -1.14. The molecule has 3 fully saturated rings. The highest BCUT2D eigenvalue weighted by Crippen LogP contribution is 2.65. The van der Waals surface area contributed by atoms with Crippen LogP contribution in [-0.4, -0.2) is 17.0 Å². The molecule has 7 atom stereocenters. The Morgan fingerprint density at radius 1 is 1.30 bits per heavy atom. The van der Waals surface area contributed by atoms with E-state index in [1.54, 1.807) is 0 Å². The van der Waals surface area contributed by atoms with E-state index >= 15 is 0 Å². The molecule has 0 radical (unpaired) electrons. The molecule has 124 valence electrons. The normalized spacial score (nSPS) is 52.0. The van der Waals surface area contributed by atoms with Gasteiger partial charge in [0.25, 0.3) is 0 Å². The number of rotatable bonds is 0. The van der Waals surface area contributed by atoms with Gasteiger partial charge in [-0.2, -0.15) is 5.26 Å². The standard InChI is InChI=1S/C20H27NO2/c1-19-8-7-14(22)9-12(19)3-5-15-16-6-4-13(11-21)20(16,2)10-17(23)18(15)19/h4,12,14-16,18,22H,3,5-10H2,1-2H3/t12-,14+,15-,16-,18+,19-,20+/m0/s1. The highest BCUT2D eigenvalue weighted by atomic mass is 16.3. The van der Waals surface area contributed by atoms with Crippen molar-refractivity contribution >= 4 is 5.78 Å². The van der Waals surface area contributed by atoms with Crippen molar-refractivity contribution in [3.8, 4) is 6.07 Å². The molecule has 1 N–H and O–H groups in total. The Kier molecular flexibility index (Phi) is 3.30. The van der Waals surface area contributed by atoms with Crippen LogP contribution in [0.15, 0.2) is 11.6 Å². The van der Waals surface area contributed by atoms with Crippen LogP contribution < -0.4 is 0 Å². The second kappa shape index (κ2) is 4.93. The molecule has 0 aliphatic heterocycles. The summed E-state index contributed by atoms with van der Waals surface area (Å²) in [6.07, 6.45) is 8.36. The van der Waals surface area contributed by atoms with Crippen molar-refractivity contribution in [2.45, 2.75) is 64.9 Å². The molecule has 4 aliphatic carbocycles.